The number of rotatable bonds is 2. The molecule has 0 radical (unpaired) electrons. The average molecular weight is 264 g/mol. The number of carbonyl (C=O) groups excluding carboxylic acids is 1. The topological polar surface area (TPSA) is 32.3 Å². The van der Waals surface area contributed by atoms with Gasteiger partial charge in [-0.1, -0.05) is 19.8 Å². The summed E-state index contributed by atoms with van der Waals surface area (Å²) in [6.07, 6.45) is 9.56. The lowest BCUT2D eigenvalue weighted by atomic mass is 9.78. The molecule has 0 atom stereocenters. The number of nitrogens with zero attached hydrogens (tertiary/aromatic N) is 1. The van der Waals surface area contributed by atoms with Crippen LogP contribution in [-0.4, -0.2) is 37.0 Å². The molecular formula is C16H28N2O. The standard InChI is InChI=1S/C16H28N2O/c1-2-16(5-3-4-6-16)14(19)18-12-9-15(13-18)7-10-17-11-8-15/h17H,2-13H2,1H3. The van der Waals surface area contributed by atoms with Crippen molar-refractivity contribution in [1.29, 1.82) is 0 Å². The number of nitrogens with one attached hydrogen (secondary N) is 1. The van der Waals surface area contributed by atoms with Gasteiger partial charge in [0.15, 0.2) is 0 Å². The zero-order chi connectivity index (χ0) is 13.3. The summed E-state index contributed by atoms with van der Waals surface area (Å²) < 4.78 is 0. The highest BCUT2D eigenvalue weighted by molar-refractivity contribution is 5.83. The third-order valence-corrected chi connectivity index (χ3v) is 6.08. The fraction of sp³-hybridized carbons (Fsp3) is 0.938. The number of amides is 1. The molecule has 3 heteroatoms. The Balaban J connectivity index is 1.68. The fourth-order valence-corrected chi connectivity index (χ4v) is 4.58. The molecule has 108 valence electrons. The van der Waals surface area contributed by atoms with E-state index in [-0.39, 0.29) is 5.41 Å². The van der Waals surface area contributed by atoms with Crippen LogP contribution in [0, 0.1) is 10.8 Å². The second-order valence-corrected chi connectivity index (χ2v) is 7.07. The van der Waals surface area contributed by atoms with Crippen molar-refractivity contribution in [2.45, 2.75) is 58.3 Å². The molecule has 2 aliphatic heterocycles. The van der Waals surface area contributed by atoms with E-state index in [0.717, 1.165) is 45.4 Å². The highest BCUT2D eigenvalue weighted by Gasteiger charge is 2.47. The first-order valence-corrected chi connectivity index (χ1v) is 8.20. The molecule has 3 fully saturated rings. The molecule has 0 aromatic carbocycles. The molecule has 3 aliphatic rings. The Bertz CT molecular complexity index is 341. The van der Waals surface area contributed by atoms with Gasteiger partial charge in [0, 0.05) is 18.5 Å². The van der Waals surface area contributed by atoms with Crippen LogP contribution in [0.1, 0.15) is 58.3 Å². The summed E-state index contributed by atoms with van der Waals surface area (Å²) >= 11 is 0. The summed E-state index contributed by atoms with van der Waals surface area (Å²) in [4.78, 5) is 15.2. The van der Waals surface area contributed by atoms with Crippen molar-refractivity contribution in [3.63, 3.8) is 0 Å². The molecule has 1 amide bonds. The number of hydrogen-bond donors (Lipinski definition) is 1. The van der Waals surface area contributed by atoms with E-state index in [1.807, 2.05) is 0 Å². The van der Waals surface area contributed by atoms with Crippen molar-refractivity contribution in [1.82, 2.24) is 10.2 Å². The summed E-state index contributed by atoms with van der Waals surface area (Å²) in [7, 11) is 0. The summed E-state index contributed by atoms with van der Waals surface area (Å²) in [5, 5.41) is 3.45. The maximum atomic E-state index is 12.9. The van der Waals surface area contributed by atoms with Crippen LogP contribution < -0.4 is 5.32 Å². The monoisotopic (exact) mass is 264 g/mol. The molecule has 1 spiro atoms. The molecule has 1 saturated carbocycles. The Labute approximate surface area is 117 Å². The van der Waals surface area contributed by atoms with Gasteiger partial charge in [0.05, 0.1) is 0 Å². The lowest BCUT2D eigenvalue weighted by molar-refractivity contribution is -0.141. The summed E-state index contributed by atoms with van der Waals surface area (Å²) in [6.45, 7) is 6.54. The van der Waals surface area contributed by atoms with Gasteiger partial charge >= 0.3 is 0 Å². The van der Waals surface area contributed by atoms with Gasteiger partial charge < -0.3 is 10.2 Å². The van der Waals surface area contributed by atoms with Crippen LogP contribution in [-0.2, 0) is 4.79 Å². The third kappa shape index (κ3) is 2.31. The van der Waals surface area contributed by atoms with Crippen LogP contribution in [0.5, 0.6) is 0 Å². The Kier molecular flexibility index (Phi) is 3.59. The molecular weight excluding hydrogens is 236 g/mol. The highest BCUT2D eigenvalue weighted by Crippen LogP contribution is 2.45. The second-order valence-electron chi connectivity index (χ2n) is 7.07. The maximum Gasteiger partial charge on any atom is 0.228 e. The highest BCUT2D eigenvalue weighted by atomic mass is 16.2. The van der Waals surface area contributed by atoms with Crippen molar-refractivity contribution in [3.8, 4) is 0 Å². The number of carbonyl (C=O) groups is 1. The van der Waals surface area contributed by atoms with Crippen molar-refractivity contribution >= 4 is 5.91 Å². The summed E-state index contributed by atoms with van der Waals surface area (Å²) in [5.41, 5.74) is 0.465. The lowest BCUT2D eigenvalue weighted by Crippen LogP contribution is -2.44. The van der Waals surface area contributed by atoms with Gasteiger partial charge in [0.2, 0.25) is 5.91 Å². The molecule has 3 rings (SSSR count). The zero-order valence-corrected chi connectivity index (χ0v) is 12.3. The predicted molar refractivity (Wildman–Crippen MR) is 76.9 cm³/mol. The van der Waals surface area contributed by atoms with Crippen LogP contribution >= 0.6 is 0 Å². The van der Waals surface area contributed by atoms with Gasteiger partial charge in [-0.15, -0.1) is 0 Å². The molecule has 19 heavy (non-hydrogen) atoms. The first-order valence-electron chi connectivity index (χ1n) is 8.20. The SMILES string of the molecule is CCC1(C(=O)N2CCC3(CCNCC3)C2)CCCC1. The Morgan fingerprint density at radius 3 is 2.42 bits per heavy atom. The van der Waals surface area contributed by atoms with E-state index >= 15 is 0 Å². The van der Waals surface area contributed by atoms with Crippen LogP contribution in [0.4, 0.5) is 0 Å². The van der Waals surface area contributed by atoms with E-state index in [9.17, 15) is 4.79 Å². The van der Waals surface area contributed by atoms with E-state index in [1.165, 1.54) is 32.1 Å². The Morgan fingerprint density at radius 2 is 1.79 bits per heavy atom. The molecule has 2 saturated heterocycles. The van der Waals surface area contributed by atoms with Crippen LogP contribution in [0.2, 0.25) is 0 Å². The number of likely N-dealkylation sites (tertiary alicyclic amines) is 1. The van der Waals surface area contributed by atoms with Crippen LogP contribution in [0.3, 0.4) is 0 Å². The van der Waals surface area contributed by atoms with Gasteiger partial charge in [-0.3, -0.25) is 4.79 Å². The van der Waals surface area contributed by atoms with Crippen molar-refractivity contribution in [3.05, 3.63) is 0 Å². The fourth-order valence-electron chi connectivity index (χ4n) is 4.58. The molecule has 0 unspecified atom stereocenters. The number of piperidine rings is 1. The smallest absolute Gasteiger partial charge is 0.228 e. The van der Waals surface area contributed by atoms with E-state index in [2.05, 4.69) is 17.1 Å². The van der Waals surface area contributed by atoms with E-state index in [0.29, 0.717) is 11.3 Å². The second kappa shape index (κ2) is 5.08. The van der Waals surface area contributed by atoms with Gasteiger partial charge in [-0.05, 0) is 57.0 Å². The third-order valence-electron chi connectivity index (χ3n) is 6.08. The van der Waals surface area contributed by atoms with Crippen LogP contribution in [0.25, 0.3) is 0 Å². The van der Waals surface area contributed by atoms with Gasteiger partial charge in [0.25, 0.3) is 0 Å². The van der Waals surface area contributed by atoms with Crippen LogP contribution in [0.15, 0.2) is 0 Å². The van der Waals surface area contributed by atoms with E-state index in [4.69, 9.17) is 0 Å². The first kappa shape index (κ1) is 13.4. The largest absolute Gasteiger partial charge is 0.342 e. The zero-order valence-electron chi connectivity index (χ0n) is 12.3. The predicted octanol–water partition coefficient (Wildman–Crippen LogP) is 2.56. The minimum absolute atomic E-state index is 0.0123. The molecule has 0 aromatic heterocycles. The Hall–Kier alpha value is -0.570. The minimum Gasteiger partial charge on any atom is -0.342 e. The minimum atomic E-state index is 0.0123. The van der Waals surface area contributed by atoms with E-state index in [1.54, 1.807) is 0 Å². The molecule has 2 heterocycles. The van der Waals surface area contributed by atoms with Gasteiger partial charge in [-0.2, -0.15) is 0 Å². The molecule has 1 aliphatic carbocycles. The maximum absolute atomic E-state index is 12.9. The first-order chi connectivity index (χ1) is 9.20. The van der Waals surface area contributed by atoms with E-state index < -0.39 is 0 Å². The molecule has 0 aromatic rings. The summed E-state index contributed by atoms with van der Waals surface area (Å²) in [5.74, 6) is 0.489. The molecule has 1 N–H and O–H groups in total. The van der Waals surface area contributed by atoms with Gasteiger partial charge in [0.1, 0.15) is 0 Å². The number of hydrogen-bond acceptors (Lipinski definition) is 2. The Morgan fingerprint density at radius 1 is 1.11 bits per heavy atom. The molecule has 0 bridgehead atoms. The van der Waals surface area contributed by atoms with Crippen molar-refractivity contribution in [2.24, 2.45) is 10.8 Å². The van der Waals surface area contributed by atoms with Crippen molar-refractivity contribution < 1.29 is 4.79 Å². The lowest BCUT2D eigenvalue weighted by Gasteiger charge is -2.36. The summed E-state index contributed by atoms with van der Waals surface area (Å²) in [6, 6.07) is 0. The van der Waals surface area contributed by atoms with Gasteiger partial charge in [-0.25, -0.2) is 0 Å². The van der Waals surface area contributed by atoms with Crippen molar-refractivity contribution in [2.75, 3.05) is 26.2 Å². The quantitative estimate of drug-likeness (QED) is 0.831. The normalized spacial score (nSPS) is 29.0. The average Bonchev–Trinajstić information content (AvgIpc) is 3.07. The molecule has 3 nitrogen and oxygen atoms in total.